The highest BCUT2D eigenvalue weighted by Crippen LogP contribution is 2.08. The highest BCUT2D eigenvalue weighted by molar-refractivity contribution is 5.81. The second kappa shape index (κ2) is 12.0. The predicted octanol–water partition coefficient (Wildman–Crippen LogP) is 2.41. The molecule has 34 heavy (non-hydrogen) atoms. The number of benzene rings is 1. The minimum atomic E-state index is -0.543. The Morgan fingerprint density at radius 1 is 0.971 bits per heavy atom. The van der Waals surface area contributed by atoms with Gasteiger partial charge in [-0.15, -0.1) is 0 Å². The molecule has 0 bridgehead atoms. The van der Waals surface area contributed by atoms with Crippen LogP contribution < -0.4 is 21.9 Å². The number of amides is 2. The monoisotopic (exact) mass is 468 g/mol. The summed E-state index contributed by atoms with van der Waals surface area (Å²) in [6.07, 6.45) is 3.83. The average Bonchev–Trinajstić information content (AvgIpc) is 3.33. The number of carbonyl (C=O) groups is 2. The number of nitrogens with zero attached hydrogens (tertiary/aromatic N) is 2. The smallest absolute Gasteiger partial charge is 0.331 e. The average molecular weight is 469 g/mol. The number of unbranched alkanes of at least 4 members (excludes halogenated alkanes) is 1. The van der Waals surface area contributed by atoms with Crippen LogP contribution in [0.25, 0.3) is 10.9 Å². The van der Waals surface area contributed by atoms with Crippen LogP contribution in [0.2, 0.25) is 0 Å². The minimum Gasteiger partial charge on any atom is -0.467 e. The Kier molecular flexibility index (Phi) is 8.84. The number of carbonyl (C=O) groups excluding carboxylic acids is 2. The lowest BCUT2D eigenvalue weighted by molar-refractivity contribution is -0.122. The fourth-order valence-corrected chi connectivity index (χ4v) is 3.66. The molecule has 2 heterocycles. The molecular weight excluding hydrogens is 436 g/mol. The van der Waals surface area contributed by atoms with Gasteiger partial charge in [0, 0.05) is 19.5 Å². The van der Waals surface area contributed by atoms with Gasteiger partial charge in [0.2, 0.25) is 11.8 Å². The standard InChI is InChI=1S/C25H32N4O5/c1-18(2)12-13-26-22(30)11-5-6-14-28-24(32)20-9-3-4-10-21(20)29(25(28)33)17-23(31)27-16-19-8-7-15-34-19/h3-4,7-10,15,18H,5-6,11-14,16-17H2,1-2H3,(H,26,30)(H,27,31). The first-order valence-corrected chi connectivity index (χ1v) is 11.6. The number of furan rings is 1. The summed E-state index contributed by atoms with van der Waals surface area (Å²) in [6.45, 7) is 5.00. The van der Waals surface area contributed by atoms with Crippen molar-refractivity contribution >= 4 is 22.7 Å². The Morgan fingerprint density at radius 3 is 2.50 bits per heavy atom. The fourth-order valence-electron chi connectivity index (χ4n) is 3.66. The highest BCUT2D eigenvalue weighted by atomic mass is 16.3. The summed E-state index contributed by atoms with van der Waals surface area (Å²) >= 11 is 0. The van der Waals surface area contributed by atoms with Crippen LogP contribution in [0, 0.1) is 5.92 Å². The Morgan fingerprint density at radius 2 is 1.76 bits per heavy atom. The highest BCUT2D eigenvalue weighted by Gasteiger charge is 2.15. The Hall–Kier alpha value is -3.62. The molecule has 182 valence electrons. The topological polar surface area (TPSA) is 115 Å². The molecule has 2 amide bonds. The van der Waals surface area contributed by atoms with Crippen molar-refractivity contribution in [2.45, 2.75) is 59.2 Å². The van der Waals surface area contributed by atoms with Crippen molar-refractivity contribution in [2.75, 3.05) is 6.54 Å². The molecule has 0 aliphatic heterocycles. The molecular formula is C25H32N4O5. The maximum atomic E-state index is 13.2. The van der Waals surface area contributed by atoms with Gasteiger partial charge in [-0.05, 0) is 49.4 Å². The van der Waals surface area contributed by atoms with Gasteiger partial charge in [-0.3, -0.25) is 23.5 Å². The fraction of sp³-hybridized carbons (Fsp3) is 0.440. The van der Waals surface area contributed by atoms with E-state index in [2.05, 4.69) is 24.5 Å². The van der Waals surface area contributed by atoms with Gasteiger partial charge >= 0.3 is 5.69 Å². The molecule has 3 aromatic rings. The molecule has 9 nitrogen and oxygen atoms in total. The third-order valence-corrected chi connectivity index (χ3v) is 5.55. The number of hydrogen-bond acceptors (Lipinski definition) is 5. The lowest BCUT2D eigenvalue weighted by atomic mass is 10.1. The maximum Gasteiger partial charge on any atom is 0.331 e. The number of para-hydroxylation sites is 1. The zero-order valence-corrected chi connectivity index (χ0v) is 19.7. The van der Waals surface area contributed by atoms with E-state index in [1.54, 1.807) is 36.4 Å². The van der Waals surface area contributed by atoms with Crippen molar-refractivity contribution in [3.05, 3.63) is 69.3 Å². The molecule has 0 radical (unpaired) electrons. The van der Waals surface area contributed by atoms with Gasteiger partial charge in [-0.2, -0.15) is 0 Å². The van der Waals surface area contributed by atoms with E-state index in [0.717, 1.165) is 11.0 Å². The van der Waals surface area contributed by atoms with Gasteiger partial charge in [-0.25, -0.2) is 4.79 Å². The SMILES string of the molecule is CC(C)CCNC(=O)CCCCn1c(=O)c2ccccc2n(CC(=O)NCc2ccco2)c1=O. The lowest BCUT2D eigenvalue weighted by Crippen LogP contribution is -2.42. The third-order valence-electron chi connectivity index (χ3n) is 5.55. The second-order valence-corrected chi connectivity index (χ2v) is 8.69. The number of nitrogens with one attached hydrogen (secondary N) is 2. The van der Waals surface area contributed by atoms with E-state index in [1.165, 1.54) is 10.8 Å². The van der Waals surface area contributed by atoms with Crippen LogP contribution in [0.15, 0.2) is 56.7 Å². The summed E-state index contributed by atoms with van der Waals surface area (Å²) in [5.41, 5.74) is -0.529. The van der Waals surface area contributed by atoms with Gasteiger partial charge in [0.15, 0.2) is 0 Å². The molecule has 0 saturated heterocycles. The number of aromatic nitrogens is 2. The lowest BCUT2D eigenvalue weighted by Gasteiger charge is -2.14. The molecule has 1 aromatic carbocycles. The van der Waals surface area contributed by atoms with Crippen LogP contribution in [0.4, 0.5) is 0 Å². The summed E-state index contributed by atoms with van der Waals surface area (Å²) in [4.78, 5) is 50.6. The quantitative estimate of drug-likeness (QED) is 0.396. The summed E-state index contributed by atoms with van der Waals surface area (Å²) in [6, 6.07) is 10.2. The zero-order valence-electron chi connectivity index (χ0n) is 19.7. The molecule has 0 saturated carbocycles. The number of rotatable bonds is 12. The van der Waals surface area contributed by atoms with E-state index in [1.807, 2.05) is 0 Å². The molecule has 0 aliphatic rings. The van der Waals surface area contributed by atoms with Gasteiger partial charge in [0.1, 0.15) is 12.3 Å². The summed E-state index contributed by atoms with van der Waals surface area (Å²) < 4.78 is 7.67. The second-order valence-electron chi connectivity index (χ2n) is 8.69. The van der Waals surface area contributed by atoms with Crippen LogP contribution >= 0.6 is 0 Å². The van der Waals surface area contributed by atoms with E-state index in [4.69, 9.17) is 4.42 Å². The number of fused-ring (bicyclic) bond motifs is 1. The molecule has 0 fully saturated rings. The van der Waals surface area contributed by atoms with Crippen LogP contribution in [-0.4, -0.2) is 27.5 Å². The first-order valence-electron chi connectivity index (χ1n) is 11.6. The Labute approximate surface area is 197 Å². The van der Waals surface area contributed by atoms with Crippen molar-refractivity contribution < 1.29 is 14.0 Å². The van der Waals surface area contributed by atoms with E-state index in [-0.39, 0.29) is 31.4 Å². The van der Waals surface area contributed by atoms with Crippen molar-refractivity contribution in [1.82, 2.24) is 19.8 Å². The van der Waals surface area contributed by atoms with Gasteiger partial charge in [0.05, 0.1) is 23.7 Å². The van der Waals surface area contributed by atoms with E-state index >= 15 is 0 Å². The van der Waals surface area contributed by atoms with Crippen molar-refractivity contribution in [2.24, 2.45) is 5.92 Å². The third kappa shape index (κ3) is 6.69. The zero-order chi connectivity index (χ0) is 24.5. The van der Waals surface area contributed by atoms with Crippen molar-refractivity contribution in [3.63, 3.8) is 0 Å². The van der Waals surface area contributed by atoms with Crippen LogP contribution in [-0.2, 0) is 29.2 Å². The first-order chi connectivity index (χ1) is 16.4. The normalized spacial score (nSPS) is 11.1. The van der Waals surface area contributed by atoms with Gasteiger partial charge in [-0.1, -0.05) is 26.0 Å². The molecule has 3 rings (SSSR count). The molecule has 0 aliphatic carbocycles. The molecule has 9 heteroatoms. The first kappa shape index (κ1) is 25.0. The Balaban J connectivity index is 1.68. The Bertz CT molecular complexity index is 1220. The van der Waals surface area contributed by atoms with Gasteiger partial charge < -0.3 is 15.1 Å². The largest absolute Gasteiger partial charge is 0.467 e. The maximum absolute atomic E-state index is 13.2. The van der Waals surface area contributed by atoms with Gasteiger partial charge in [0.25, 0.3) is 5.56 Å². The van der Waals surface area contributed by atoms with Crippen molar-refractivity contribution in [3.8, 4) is 0 Å². The minimum absolute atomic E-state index is 0.0304. The summed E-state index contributed by atoms with van der Waals surface area (Å²) in [7, 11) is 0. The van der Waals surface area contributed by atoms with Crippen LogP contribution in [0.5, 0.6) is 0 Å². The van der Waals surface area contributed by atoms with Crippen LogP contribution in [0.1, 0.15) is 45.3 Å². The van der Waals surface area contributed by atoms with E-state index in [0.29, 0.717) is 48.4 Å². The predicted molar refractivity (Wildman–Crippen MR) is 129 cm³/mol. The van der Waals surface area contributed by atoms with Crippen molar-refractivity contribution in [1.29, 1.82) is 0 Å². The molecule has 0 spiro atoms. The molecule has 0 unspecified atom stereocenters. The molecule has 0 atom stereocenters. The van der Waals surface area contributed by atoms with Crippen LogP contribution in [0.3, 0.4) is 0 Å². The summed E-state index contributed by atoms with van der Waals surface area (Å²) in [5.74, 6) is 0.724. The van der Waals surface area contributed by atoms with E-state index < -0.39 is 11.2 Å². The molecule has 2 N–H and O–H groups in total. The number of hydrogen-bond donors (Lipinski definition) is 2. The molecule has 2 aromatic heterocycles. The summed E-state index contributed by atoms with van der Waals surface area (Å²) in [5, 5.41) is 5.98. The van der Waals surface area contributed by atoms with E-state index in [9.17, 15) is 19.2 Å².